The van der Waals surface area contributed by atoms with E-state index in [2.05, 4.69) is 16.0 Å². The lowest BCUT2D eigenvalue weighted by Gasteiger charge is -2.33. The largest absolute Gasteiger partial charge is 0.338 e. The average Bonchev–Trinajstić information content (AvgIpc) is 2.77. The zero-order valence-electron chi connectivity index (χ0n) is 16.8. The second kappa shape index (κ2) is 9.38. The number of carbonyl (C=O) groups excluding carboxylic acids is 3. The molecule has 1 fully saturated rings. The van der Waals surface area contributed by atoms with Gasteiger partial charge >= 0.3 is 6.03 Å². The number of hydrogen-bond acceptors (Lipinski definition) is 4. The van der Waals surface area contributed by atoms with E-state index in [9.17, 15) is 18.8 Å². The average molecular weight is 443 g/mol. The highest BCUT2D eigenvalue weighted by molar-refractivity contribution is 8.00. The summed E-state index contributed by atoms with van der Waals surface area (Å²) in [6.45, 7) is 1.61. The molecule has 2 aliphatic rings. The standard InChI is InChI=1S/C22H23FN4O3S/c23-16-4-1-5-17(10-16)25-22(30)24-11-14-3-2-8-27(12-14)21(29)15-6-7-19-18(9-15)26-20(28)13-31-19/h1,4-7,9-10,14H,2-3,8,11-13H2,(H,26,28)(H2,24,25,30). The highest BCUT2D eigenvalue weighted by Crippen LogP contribution is 2.32. The Morgan fingerprint density at radius 2 is 2.10 bits per heavy atom. The van der Waals surface area contributed by atoms with Crippen molar-refractivity contribution in [1.29, 1.82) is 0 Å². The third-order valence-electron chi connectivity index (χ3n) is 5.30. The number of nitrogens with zero attached hydrogens (tertiary/aromatic N) is 1. The van der Waals surface area contributed by atoms with Crippen LogP contribution in [0.5, 0.6) is 0 Å². The molecule has 4 amide bonds. The summed E-state index contributed by atoms with van der Waals surface area (Å²) in [7, 11) is 0. The summed E-state index contributed by atoms with van der Waals surface area (Å²) in [5.74, 6) is -0.0545. The van der Waals surface area contributed by atoms with Crippen LogP contribution in [0, 0.1) is 11.7 Å². The van der Waals surface area contributed by atoms with Gasteiger partial charge in [-0.05, 0) is 55.2 Å². The summed E-state index contributed by atoms with van der Waals surface area (Å²) in [5, 5.41) is 8.23. The predicted octanol–water partition coefficient (Wildman–Crippen LogP) is 3.54. The maximum absolute atomic E-state index is 13.2. The van der Waals surface area contributed by atoms with Gasteiger partial charge in [0.05, 0.1) is 11.4 Å². The Bertz CT molecular complexity index is 1020. The van der Waals surface area contributed by atoms with Gasteiger partial charge in [-0.15, -0.1) is 11.8 Å². The molecule has 2 aliphatic heterocycles. The molecule has 0 bridgehead atoms. The van der Waals surface area contributed by atoms with Gasteiger partial charge in [-0.3, -0.25) is 9.59 Å². The zero-order chi connectivity index (χ0) is 21.8. The van der Waals surface area contributed by atoms with Crippen molar-refractivity contribution in [3.05, 3.63) is 53.8 Å². The molecule has 31 heavy (non-hydrogen) atoms. The van der Waals surface area contributed by atoms with E-state index in [0.29, 0.717) is 42.3 Å². The maximum Gasteiger partial charge on any atom is 0.319 e. The minimum absolute atomic E-state index is 0.0669. The van der Waals surface area contributed by atoms with E-state index < -0.39 is 11.8 Å². The molecule has 2 heterocycles. The Morgan fingerprint density at radius 1 is 1.23 bits per heavy atom. The van der Waals surface area contributed by atoms with Crippen LogP contribution in [0.15, 0.2) is 47.4 Å². The molecule has 2 aromatic carbocycles. The number of piperidine rings is 1. The van der Waals surface area contributed by atoms with Crippen LogP contribution in [0.3, 0.4) is 0 Å². The van der Waals surface area contributed by atoms with Crippen LogP contribution >= 0.6 is 11.8 Å². The van der Waals surface area contributed by atoms with E-state index in [-0.39, 0.29) is 17.7 Å². The number of halogens is 1. The second-order valence-electron chi connectivity index (χ2n) is 7.65. The van der Waals surface area contributed by atoms with E-state index >= 15 is 0 Å². The summed E-state index contributed by atoms with van der Waals surface area (Å²) in [5.41, 5.74) is 1.60. The summed E-state index contributed by atoms with van der Waals surface area (Å²) in [6.07, 6.45) is 1.75. The van der Waals surface area contributed by atoms with Gasteiger partial charge in [-0.1, -0.05) is 6.07 Å². The van der Waals surface area contributed by atoms with Gasteiger partial charge in [-0.2, -0.15) is 0 Å². The number of rotatable bonds is 4. The van der Waals surface area contributed by atoms with E-state index in [1.54, 1.807) is 23.1 Å². The molecule has 1 saturated heterocycles. The Labute approximate surface area is 183 Å². The Morgan fingerprint density at radius 3 is 2.94 bits per heavy atom. The predicted molar refractivity (Wildman–Crippen MR) is 118 cm³/mol. The Balaban J connectivity index is 1.32. The van der Waals surface area contributed by atoms with Gasteiger partial charge in [-0.25, -0.2) is 9.18 Å². The molecule has 1 unspecified atom stereocenters. The van der Waals surface area contributed by atoms with Crippen LogP contribution in [0.1, 0.15) is 23.2 Å². The van der Waals surface area contributed by atoms with E-state index in [1.165, 1.54) is 30.0 Å². The molecule has 3 N–H and O–H groups in total. The molecule has 2 aromatic rings. The van der Waals surface area contributed by atoms with Crippen LogP contribution in [-0.2, 0) is 4.79 Å². The molecule has 0 aromatic heterocycles. The quantitative estimate of drug-likeness (QED) is 0.676. The highest BCUT2D eigenvalue weighted by Gasteiger charge is 2.26. The van der Waals surface area contributed by atoms with Crippen molar-refractivity contribution < 1.29 is 18.8 Å². The maximum atomic E-state index is 13.2. The topological polar surface area (TPSA) is 90.5 Å². The lowest BCUT2D eigenvalue weighted by molar-refractivity contribution is -0.113. The van der Waals surface area contributed by atoms with E-state index in [0.717, 1.165) is 17.7 Å². The number of amides is 4. The van der Waals surface area contributed by atoms with Gasteiger partial charge in [0.1, 0.15) is 5.82 Å². The van der Waals surface area contributed by atoms with Crippen LogP contribution < -0.4 is 16.0 Å². The first-order valence-electron chi connectivity index (χ1n) is 10.1. The molecule has 162 valence electrons. The number of hydrogen-bond donors (Lipinski definition) is 3. The normalized spacial score (nSPS) is 18.0. The van der Waals surface area contributed by atoms with Crippen LogP contribution in [0.4, 0.5) is 20.6 Å². The number of fused-ring (bicyclic) bond motifs is 1. The molecule has 0 aliphatic carbocycles. The number of benzene rings is 2. The van der Waals surface area contributed by atoms with Gasteiger partial charge < -0.3 is 20.9 Å². The van der Waals surface area contributed by atoms with E-state index in [1.807, 2.05) is 6.07 Å². The smallest absolute Gasteiger partial charge is 0.319 e. The number of likely N-dealkylation sites (tertiary alicyclic amines) is 1. The molecule has 1 atom stereocenters. The van der Waals surface area contributed by atoms with Gasteiger partial charge in [0.25, 0.3) is 5.91 Å². The lowest BCUT2D eigenvalue weighted by Crippen LogP contribution is -2.44. The first kappa shape index (κ1) is 21.2. The van der Waals surface area contributed by atoms with Crippen LogP contribution in [0.25, 0.3) is 0 Å². The van der Waals surface area contributed by atoms with Crippen LogP contribution in [0.2, 0.25) is 0 Å². The van der Waals surface area contributed by atoms with Gasteiger partial charge in [0, 0.05) is 35.8 Å². The van der Waals surface area contributed by atoms with E-state index in [4.69, 9.17) is 0 Å². The summed E-state index contributed by atoms with van der Waals surface area (Å²) < 4.78 is 13.2. The molecule has 0 spiro atoms. The molecular formula is C22H23FN4O3S. The summed E-state index contributed by atoms with van der Waals surface area (Å²) in [4.78, 5) is 39.5. The van der Waals surface area contributed by atoms with Crippen molar-refractivity contribution in [2.24, 2.45) is 5.92 Å². The molecular weight excluding hydrogens is 419 g/mol. The molecule has 4 rings (SSSR count). The molecule has 0 radical (unpaired) electrons. The minimum atomic E-state index is -0.417. The number of carbonyl (C=O) groups is 3. The van der Waals surface area contributed by atoms with Crippen molar-refractivity contribution >= 4 is 41.0 Å². The minimum Gasteiger partial charge on any atom is -0.338 e. The number of nitrogens with one attached hydrogen (secondary N) is 3. The van der Waals surface area contributed by atoms with Gasteiger partial charge in [0.15, 0.2) is 0 Å². The number of urea groups is 1. The number of anilines is 2. The third kappa shape index (κ3) is 5.35. The highest BCUT2D eigenvalue weighted by atomic mass is 32.2. The van der Waals surface area contributed by atoms with Crippen LogP contribution in [-0.4, -0.2) is 48.1 Å². The summed E-state index contributed by atoms with van der Waals surface area (Å²) >= 11 is 1.46. The molecule has 9 heteroatoms. The summed E-state index contributed by atoms with van der Waals surface area (Å²) in [6, 6.07) is 10.7. The first-order valence-corrected chi connectivity index (χ1v) is 11.1. The Hall–Kier alpha value is -3.07. The van der Waals surface area contributed by atoms with Crippen molar-refractivity contribution in [2.45, 2.75) is 17.7 Å². The first-order chi connectivity index (χ1) is 15.0. The van der Waals surface area contributed by atoms with Crippen molar-refractivity contribution in [3.8, 4) is 0 Å². The number of thioether (sulfide) groups is 1. The second-order valence-corrected chi connectivity index (χ2v) is 8.67. The van der Waals surface area contributed by atoms with Crippen molar-refractivity contribution in [1.82, 2.24) is 10.2 Å². The Kier molecular flexibility index (Phi) is 6.41. The van der Waals surface area contributed by atoms with Crippen molar-refractivity contribution in [3.63, 3.8) is 0 Å². The third-order valence-corrected chi connectivity index (χ3v) is 6.37. The zero-order valence-corrected chi connectivity index (χ0v) is 17.6. The molecule has 0 saturated carbocycles. The van der Waals surface area contributed by atoms with Gasteiger partial charge in [0.2, 0.25) is 5.91 Å². The molecule has 7 nitrogen and oxygen atoms in total. The fraction of sp³-hybridized carbons (Fsp3) is 0.318. The lowest BCUT2D eigenvalue weighted by atomic mass is 9.97. The fourth-order valence-corrected chi connectivity index (χ4v) is 4.58. The van der Waals surface area contributed by atoms with Crippen molar-refractivity contribution in [2.75, 3.05) is 36.0 Å². The SMILES string of the molecule is O=C1CSc2ccc(C(=O)N3CCCC(CNC(=O)Nc4cccc(F)c4)C3)cc2N1. The fourth-order valence-electron chi connectivity index (χ4n) is 3.79. The monoisotopic (exact) mass is 442 g/mol.